The lowest BCUT2D eigenvalue weighted by Gasteiger charge is -2.34. The van der Waals surface area contributed by atoms with Gasteiger partial charge in [0.2, 0.25) is 0 Å². The van der Waals surface area contributed by atoms with Crippen LogP contribution in [0.3, 0.4) is 0 Å². The summed E-state index contributed by atoms with van der Waals surface area (Å²) in [5.74, 6) is 0.875. The van der Waals surface area contributed by atoms with Gasteiger partial charge in [0.05, 0.1) is 17.3 Å². The van der Waals surface area contributed by atoms with Crippen LogP contribution in [0.2, 0.25) is 0 Å². The SMILES string of the molecule is COc1ccc2nc(NC3(C)CCOCC3)sc2c1. The Kier molecular flexibility index (Phi) is 3.33. The minimum atomic E-state index is 0.0935. The number of fused-ring (bicyclic) bond motifs is 1. The number of ether oxygens (including phenoxy) is 2. The highest BCUT2D eigenvalue weighted by Crippen LogP contribution is 2.32. The summed E-state index contributed by atoms with van der Waals surface area (Å²) in [4.78, 5) is 4.64. The van der Waals surface area contributed by atoms with Gasteiger partial charge in [0.25, 0.3) is 0 Å². The van der Waals surface area contributed by atoms with E-state index in [-0.39, 0.29) is 5.54 Å². The van der Waals surface area contributed by atoms with Crippen molar-refractivity contribution in [3.8, 4) is 5.75 Å². The fourth-order valence-corrected chi connectivity index (χ4v) is 3.33. The van der Waals surface area contributed by atoms with Crippen molar-refractivity contribution < 1.29 is 9.47 Å². The van der Waals surface area contributed by atoms with Gasteiger partial charge in [-0.2, -0.15) is 0 Å². The zero-order chi connectivity index (χ0) is 13.3. The quantitative estimate of drug-likeness (QED) is 0.935. The van der Waals surface area contributed by atoms with Crippen LogP contribution in [0, 0.1) is 0 Å². The lowest BCUT2D eigenvalue weighted by atomic mass is 9.93. The Morgan fingerprint density at radius 3 is 2.89 bits per heavy atom. The summed E-state index contributed by atoms with van der Waals surface area (Å²) in [6.07, 6.45) is 2.04. The summed E-state index contributed by atoms with van der Waals surface area (Å²) in [6, 6.07) is 5.98. The lowest BCUT2D eigenvalue weighted by molar-refractivity contribution is 0.0658. The molecular weight excluding hydrogens is 260 g/mol. The van der Waals surface area contributed by atoms with Crippen molar-refractivity contribution in [2.24, 2.45) is 0 Å². The summed E-state index contributed by atoms with van der Waals surface area (Å²) < 4.78 is 11.8. The monoisotopic (exact) mass is 278 g/mol. The summed E-state index contributed by atoms with van der Waals surface area (Å²) in [5, 5.41) is 4.55. The molecule has 0 unspecified atom stereocenters. The van der Waals surface area contributed by atoms with Gasteiger partial charge in [-0.15, -0.1) is 0 Å². The van der Waals surface area contributed by atoms with Crippen molar-refractivity contribution in [2.45, 2.75) is 25.3 Å². The second-order valence-electron chi connectivity index (χ2n) is 5.15. The van der Waals surface area contributed by atoms with Crippen molar-refractivity contribution in [1.29, 1.82) is 0 Å². The predicted molar refractivity (Wildman–Crippen MR) is 78.3 cm³/mol. The van der Waals surface area contributed by atoms with E-state index in [1.807, 2.05) is 18.2 Å². The normalized spacial score (nSPS) is 18.4. The second kappa shape index (κ2) is 4.98. The molecule has 1 aromatic carbocycles. The van der Waals surface area contributed by atoms with Crippen LogP contribution in [-0.4, -0.2) is 30.8 Å². The Morgan fingerprint density at radius 1 is 1.37 bits per heavy atom. The molecule has 0 spiro atoms. The first kappa shape index (κ1) is 12.7. The first-order valence-electron chi connectivity index (χ1n) is 6.49. The molecule has 0 saturated carbocycles. The zero-order valence-corrected chi connectivity index (χ0v) is 12.0. The van der Waals surface area contributed by atoms with Gasteiger partial charge in [-0.3, -0.25) is 0 Å². The van der Waals surface area contributed by atoms with E-state index in [4.69, 9.17) is 9.47 Å². The number of thiazole rings is 1. The lowest BCUT2D eigenvalue weighted by Crippen LogP contribution is -2.40. The van der Waals surface area contributed by atoms with Gasteiger partial charge in [-0.05, 0) is 38.0 Å². The maximum atomic E-state index is 5.42. The van der Waals surface area contributed by atoms with Crippen molar-refractivity contribution >= 4 is 26.7 Å². The minimum absolute atomic E-state index is 0.0935. The summed E-state index contributed by atoms with van der Waals surface area (Å²) in [6.45, 7) is 3.88. The fraction of sp³-hybridized carbons (Fsp3) is 0.500. The molecule has 2 heterocycles. The maximum absolute atomic E-state index is 5.42. The molecule has 5 heteroatoms. The molecule has 1 fully saturated rings. The van der Waals surface area contributed by atoms with Crippen LogP contribution in [0.4, 0.5) is 5.13 Å². The molecule has 4 nitrogen and oxygen atoms in total. The molecule has 1 aliphatic heterocycles. The Hall–Kier alpha value is -1.33. The number of anilines is 1. The minimum Gasteiger partial charge on any atom is -0.497 e. The van der Waals surface area contributed by atoms with Gasteiger partial charge in [0.1, 0.15) is 5.75 Å². The number of rotatable bonds is 3. The number of hydrogen-bond acceptors (Lipinski definition) is 5. The van der Waals surface area contributed by atoms with Crippen molar-refractivity contribution in [1.82, 2.24) is 4.98 Å². The third-order valence-corrected chi connectivity index (χ3v) is 4.53. The molecule has 1 aliphatic rings. The average Bonchev–Trinajstić information content (AvgIpc) is 2.79. The average molecular weight is 278 g/mol. The van der Waals surface area contributed by atoms with E-state index >= 15 is 0 Å². The van der Waals surface area contributed by atoms with Gasteiger partial charge < -0.3 is 14.8 Å². The molecular formula is C14H18N2O2S. The summed E-state index contributed by atoms with van der Waals surface area (Å²) >= 11 is 1.68. The van der Waals surface area contributed by atoms with Gasteiger partial charge in [0, 0.05) is 18.8 Å². The van der Waals surface area contributed by atoms with E-state index in [0.29, 0.717) is 0 Å². The van der Waals surface area contributed by atoms with Gasteiger partial charge >= 0.3 is 0 Å². The summed E-state index contributed by atoms with van der Waals surface area (Å²) in [5.41, 5.74) is 1.11. The number of hydrogen-bond donors (Lipinski definition) is 1. The van der Waals surface area contributed by atoms with E-state index in [9.17, 15) is 0 Å². The van der Waals surface area contributed by atoms with Crippen LogP contribution in [0.25, 0.3) is 10.2 Å². The highest BCUT2D eigenvalue weighted by Gasteiger charge is 2.28. The molecule has 3 rings (SSSR count). The highest BCUT2D eigenvalue weighted by atomic mass is 32.1. The molecule has 0 atom stereocenters. The number of nitrogens with one attached hydrogen (secondary N) is 1. The Bertz CT molecular complexity index is 576. The third-order valence-electron chi connectivity index (χ3n) is 3.60. The van der Waals surface area contributed by atoms with Crippen LogP contribution in [0.5, 0.6) is 5.75 Å². The Labute approximate surface area is 116 Å². The standard InChI is InChI=1S/C14H18N2O2S/c1-14(5-7-18-8-6-14)16-13-15-11-4-3-10(17-2)9-12(11)19-13/h3-4,9H,5-8H2,1-2H3,(H,15,16). The molecule has 0 radical (unpaired) electrons. The molecule has 2 aromatic rings. The molecule has 0 aliphatic carbocycles. The van der Waals surface area contributed by atoms with Crippen molar-refractivity contribution in [3.63, 3.8) is 0 Å². The Morgan fingerprint density at radius 2 is 2.16 bits per heavy atom. The molecule has 0 bridgehead atoms. The molecule has 102 valence electrons. The van der Waals surface area contributed by atoms with E-state index in [1.54, 1.807) is 18.4 Å². The second-order valence-corrected chi connectivity index (χ2v) is 6.18. The van der Waals surface area contributed by atoms with E-state index in [1.165, 1.54) is 0 Å². The maximum Gasteiger partial charge on any atom is 0.184 e. The smallest absolute Gasteiger partial charge is 0.184 e. The van der Waals surface area contributed by atoms with Gasteiger partial charge in [-0.25, -0.2) is 4.98 Å². The Balaban J connectivity index is 1.84. The first-order valence-corrected chi connectivity index (χ1v) is 7.31. The largest absolute Gasteiger partial charge is 0.497 e. The van der Waals surface area contributed by atoms with Crippen LogP contribution < -0.4 is 10.1 Å². The predicted octanol–water partition coefficient (Wildman–Crippen LogP) is 3.29. The fourth-order valence-electron chi connectivity index (χ4n) is 2.29. The van der Waals surface area contributed by atoms with Gasteiger partial charge in [0.15, 0.2) is 5.13 Å². The number of methoxy groups -OCH3 is 1. The highest BCUT2D eigenvalue weighted by molar-refractivity contribution is 7.22. The van der Waals surface area contributed by atoms with Crippen LogP contribution in [0.15, 0.2) is 18.2 Å². The van der Waals surface area contributed by atoms with Crippen molar-refractivity contribution in [2.75, 3.05) is 25.6 Å². The molecule has 1 N–H and O–H groups in total. The zero-order valence-electron chi connectivity index (χ0n) is 11.2. The number of aromatic nitrogens is 1. The van der Waals surface area contributed by atoms with Crippen molar-refractivity contribution in [3.05, 3.63) is 18.2 Å². The topological polar surface area (TPSA) is 43.4 Å². The van der Waals surface area contributed by atoms with E-state index in [2.05, 4.69) is 17.2 Å². The van der Waals surface area contributed by atoms with E-state index in [0.717, 1.165) is 47.2 Å². The van der Waals surface area contributed by atoms with E-state index < -0.39 is 0 Å². The van der Waals surface area contributed by atoms with Crippen LogP contribution in [0.1, 0.15) is 19.8 Å². The molecule has 19 heavy (non-hydrogen) atoms. The third kappa shape index (κ3) is 2.67. The number of benzene rings is 1. The molecule has 1 aromatic heterocycles. The van der Waals surface area contributed by atoms with Crippen LogP contribution >= 0.6 is 11.3 Å². The van der Waals surface area contributed by atoms with Crippen LogP contribution in [-0.2, 0) is 4.74 Å². The summed E-state index contributed by atoms with van der Waals surface area (Å²) in [7, 11) is 1.68. The molecule has 0 amide bonds. The molecule has 1 saturated heterocycles. The first-order chi connectivity index (χ1) is 9.18. The van der Waals surface area contributed by atoms with Gasteiger partial charge in [-0.1, -0.05) is 11.3 Å². The number of nitrogens with zero attached hydrogens (tertiary/aromatic N) is 1.